The van der Waals surface area contributed by atoms with Gasteiger partial charge < -0.3 is 14.5 Å². The summed E-state index contributed by atoms with van der Waals surface area (Å²) in [6.45, 7) is 1.57. The van der Waals surface area contributed by atoms with Crippen LogP contribution in [0.25, 0.3) is 0 Å². The minimum atomic E-state index is -0.369. The van der Waals surface area contributed by atoms with Gasteiger partial charge in [-0.3, -0.25) is 9.59 Å². The lowest BCUT2D eigenvalue weighted by Crippen LogP contribution is -2.35. The zero-order valence-corrected chi connectivity index (χ0v) is 19.4. The molecule has 5 nitrogen and oxygen atoms in total. The van der Waals surface area contributed by atoms with Gasteiger partial charge >= 0.3 is 0 Å². The van der Waals surface area contributed by atoms with Crippen LogP contribution in [0.15, 0.2) is 72.8 Å². The first-order valence-corrected chi connectivity index (χ1v) is 11.7. The molecule has 0 saturated heterocycles. The lowest BCUT2D eigenvalue weighted by molar-refractivity contribution is 0.0740. The van der Waals surface area contributed by atoms with Crippen molar-refractivity contribution in [2.75, 3.05) is 25.1 Å². The molecule has 1 aliphatic rings. The Bertz CT molecular complexity index is 1150. The summed E-state index contributed by atoms with van der Waals surface area (Å²) in [5.41, 5.74) is 2.71. The molecule has 1 aliphatic heterocycles. The summed E-state index contributed by atoms with van der Waals surface area (Å²) in [5, 5.41) is 0. The van der Waals surface area contributed by atoms with Gasteiger partial charge in [0.05, 0.1) is 7.11 Å². The Kier molecular flexibility index (Phi) is 7.58. The minimum absolute atomic E-state index is 0.0954. The van der Waals surface area contributed by atoms with E-state index >= 15 is 0 Å². The number of amides is 2. The highest BCUT2D eigenvalue weighted by molar-refractivity contribution is 6.06. The van der Waals surface area contributed by atoms with Gasteiger partial charge in [-0.15, -0.1) is 0 Å². The summed E-state index contributed by atoms with van der Waals surface area (Å²) in [7, 11) is 1.58. The highest BCUT2D eigenvalue weighted by Gasteiger charge is 2.24. The minimum Gasteiger partial charge on any atom is -0.497 e. The number of halogens is 1. The Labute approximate surface area is 199 Å². The van der Waals surface area contributed by atoms with Gasteiger partial charge in [0.1, 0.15) is 11.6 Å². The van der Waals surface area contributed by atoms with Crippen LogP contribution in [0.4, 0.5) is 10.1 Å². The van der Waals surface area contributed by atoms with Crippen LogP contribution in [0.3, 0.4) is 0 Å². The highest BCUT2D eigenvalue weighted by atomic mass is 19.1. The van der Waals surface area contributed by atoms with E-state index < -0.39 is 0 Å². The van der Waals surface area contributed by atoms with Gasteiger partial charge in [-0.05, 0) is 66.9 Å². The molecule has 0 spiro atoms. The number of nitrogens with zero attached hydrogens (tertiary/aromatic N) is 2. The molecule has 34 heavy (non-hydrogen) atoms. The van der Waals surface area contributed by atoms with Gasteiger partial charge in [0.15, 0.2) is 0 Å². The van der Waals surface area contributed by atoms with Crippen molar-refractivity contribution >= 4 is 17.5 Å². The Morgan fingerprint density at radius 1 is 0.794 bits per heavy atom. The highest BCUT2D eigenvalue weighted by Crippen LogP contribution is 2.27. The number of carbonyl (C=O) groups is 2. The van der Waals surface area contributed by atoms with Gasteiger partial charge in [-0.1, -0.05) is 37.1 Å². The summed E-state index contributed by atoms with van der Waals surface area (Å²) in [5.74, 6) is 0.0286. The van der Waals surface area contributed by atoms with Crippen molar-refractivity contribution in [3.05, 3.63) is 95.3 Å². The molecule has 0 aliphatic carbocycles. The van der Waals surface area contributed by atoms with E-state index in [9.17, 15) is 14.0 Å². The summed E-state index contributed by atoms with van der Waals surface area (Å²) < 4.78 is 18.7. The molecular weight excluding hydrogens is 431 g/mol. The van der Waals surface area contributed by atoms with E-state index in [1.54, 1.807) is 24.1 Å². The van der Waals surface area contributed by atoms with Crippen molar-refractivity contribution in [1.29, 1.82) is 0 Å². The number of rotatable bonds is 3. The van der Waals surface area contributed by atoms with E-state index in [0.717, 1.165) is 36.9 Å². The second-order valence-electron chi connectivity index (χ2n) is 8.47. The van der Waals surface area contributed by atoms with Crippen LogP contribution in [-0.4, -0.2) is 36.9 Å². The predicted molar refractivity (Wildman–Crippen MR) is 131 cm³/mol. The number of methoxy groups -OCH3 is 1. The Morgan fingerprint density at radius 2 is 1.53 bits per heavy atom. The molecule has 0 atom stereocenters. The van der Waals surface area contributed by atoms with Gasteiger partial charge in [-0.2, -0.15) is 0 Å². The zero-order valence-electron chi connectivity index (χ0n) is 19.4. The number of fused-ring (bicyclic) bond motifs is 1. The predicted octanol–water partition coefficient (Wildman–Crippen LogP) is 5.70. The largest absolute Gasteiger partial charge is 0.497 e. The second-order valence-corrected chi connectivity index (χ2v) is 8.47. The Hall–Kier alpha value is -3.67. The molecule has 0 radical (unpaired) electrons. The van der Waals surface area contributed by atoms with Crippen LogP contribution in [0, 0.1) is 5.82 Å². The van der Waals surface area contributed by atoms with Crippen molar-refractivity contribution in [3.8, 4) is 5.75 Å². The second kappa shape index (κ2) is 11.0. The third-order valence-electron chi connectivity index (χ3n) is 6.14. The molecule has 2 amide bonds. The summed E-state index contributed by atoms with van der Waals surface area (Å²) >= 11 is 0. The fourth-order valence-electron chi connectivity index (χ4n) is 4.31. The van der Waals surface area contributed by atoms with Crippen molar-refractivity contribution < 1.29 is 18.7 Å². The van der Waals surface area contributed by atoms with Crippen molar-refractivity contribution in [1.82, 2.24) is 4.90 Å². The van der Waals surface area contributed by atoms with E-state index in [1.165, 1.54) is 24.3 Å². The topological polar surface area (TPSA) is 49.9 Å². The fourth-order valence-corrected chi connectivity index (χ4v) is 4.31. The van der Waals surface area contributed by atoms with E-state index in [1.807, 2.05) is 41.3 Å². The lowest BCUT2D eigenvalue weighted by atomic mass is 10.1. The molecule has 176 valence electrons. The van der Waals surface area contributed by atoms with Crippen molar-refractivity contribution in [2.45, 2.75) is 32.2 Å². The number of anilines is 1. The first-order chi connectivity index (χ1) is 16.6. The number of para-hydroxylation sites is 1. The fraction of sp³-hybridized carbons (Fsp3) is 0.286. The third-order valence-corrected chi connectivity index (χ3v) is 6.14. The molecule has 4 rings (SSSR count). The molecule has 6 heteroatoms. The maximum atomic E-state index is 13.6. The van der Waals surface area contributed by atoms with Crippen molar-refractivity contribution in [3.63, 3.8) is 0 Å². The van der Waals surface area contributed by atoms with E-state index in [0.29, 0.717) is 36.5 Å². The van der Waals surface area contributed by atoms with Crippen LogP contribution in [0.5, 0.6) is 5.75 Å². The van der Waals surface area contributed by atoms with Crippen LogP contribution in [0.1, 0.15) is 52.0 Å². The molecule has 3 aromatic carbocycles. The summed E-state index contributed by atoms with van der Waals surface area (Å²) in [6.07, 6.45) is 3.67. The quantitative estimate of drug-likeness (QED) is 0.504. The zero-order chi connectivity index (χ0) is 23.9. The molecule has 1 heterocycles. The standard InChI is InChI=1S/C28H29FN2O3/c1-34-25-11-8-10-22(19-25)28(33)31-18-7-3-2-6-17-30(20-23-9-4-5-12-26(23)31)27(32)21-13-15-24(29)16-14-21/h4-5,8-16,19H,2-3,6-7,17-18,20H2,1H3. The first kappa shape index (κ1) is 23.5. The number of carbonyl (C=O) groups excluding carboxylic acids is 2. The lowest BCUT2D eigenvalue weighted by Gasteiger charge is -2.28. The normalized spacial score (nSPS) is 14.6. The average molecular weight is 461 g/mol. The Morgan fingerprint density at radius 3 is 2.29 bits per heavy atom. The summed E-state index contributed by atoms with van der Waals surface area (Å²) in [6, 6.07) is 20.6. The Balaban J connectivity index is 1.68. The van der Waals surface area contributed by atoms with Crippen LogP contribution in [-0.2, 0) is 6.54 Å². The SMILES string of the molecule is COc1cccc(C(=O)N2CCCCCCN(C(=O)c3ccc(F)cc3)Cc3ccccc32)c1. The van der Waals surface area contributed by atoms with Gasteiger partial charge in [0, 0.05) is 36.4 Å². The summed E-state index contributed by atoms with van der Waals surface area (Å²) in [4.78, 5) is 30.5. The third kappa shape index (κ3) is 5.45. The first-order valence-electron chi connectivity index (χ1n) is 11.7. The van der Waals surface area contributed by atoms with Gasteiger partial charge in [0.25, 0.3) is 11.8 Å². The molecular formula is C28H29FN2O3. The monoisotopic (exact) mass is 460 g/mol. The average Bonchev–Trinajstić information content (AvgIpc) is 2.91. The molecule has 0 unspecified atom stereocenters. The maximum Gasteiger partial charge on any atom is 0.258 e. The van der Waals surface area contributed by atoms with Crippen LogP contribution < -0.4 is 9.64 Å². The molecule has 0 aromatic heterocycles. The van der Waals surface area contributed by atoms with Gasteiger partial charge in [0.2, 0.25) is 0 Å². The molecule has 0 saturated carbocycles. The molecule has 0 fully saturated rings. The smallest absolute Gasteiger partial charge is 0.258 e. The van der Waals surface area contributed by atoms with E-state index in [-0.39, 0.29) is 17.6 Å². The van der Waals surface area contributed by atoms with Crippen LogP contribution in [0.2, 0.25) is 0 Å². The number of ether oxygens (including phenoxy) is 1. The molecule has 0 bridgehead atoms. The molecule has 0 N–H and O–H groups in total. The van der Waals surface area contributed by atoms with Crippen LogP contribution >= 0.6 is 0 Å². The number of hydrogen-bond donors (Lipinski definition) is 0. The maximum absolute atomic E-state index is 13.6. The number of benzene rings is 3. The number of hydrogen-bond acceptors (Lipinski definition) is 3. The van der Waals surface area contributed by atoms with E-state index in [4.69, 9.17) is 4.74 Å². The van der Waals surface area contributed by atoms with E-state index in [2.05, 4.69) is 0 Å². The van der Waals surface area contributed by atoms with Crippen molar-refractivity contribution in [2.24, 2.45) is 0 Å². The molecule has 3 aromatic rings. The van der Waals surface area contributed by atoms with Gasteiger partial charge in [-0.25, -0.2) is 4.39 Å².